The van der Waals surface area contributed by atoms with Gasteiger partial charge in [0.1, 0.15) is 0 Å². The second kappa shape index (κ2) is 6.20. The van der Waals surface area contributed by atoms with E-state index in [-0.39, 0.29) is 12.0 Å². The lowest BCUT2D eigenvalue weighted by Gasteiger charge is -2.35. The number of carbonyl (C=O) groups is 1. The Bertz CT molecular complexity index is 306. The first-order valence-electron chi connectivity index (χ1n) is 7.64. The van der Waals surface area contributed by atoms with Gasteiger partial charge in [-0.05, 0) is 18.8 Å². The summed E-state index contributed by atoms with van der Waals surface area (Å²) in [6.45, 7) is 7.58. The average molecular weight is 267 g/mol. The summed E-state index contributed by atoms with van der Waals surface area (Å²) < 4.78 is 5.60. The second-order valence-electron chi connectivity index (χ2n) is 6.03. The van der Waals surface area contributed by atoms with Gasteiger partial charge < -0.3 is 15.0 Å². The molecule has 3 aliphatic rings. The van der Waals surface area contributed by atoms with Crippen molar-refractivity contribution in [3.63, 3.8) is 0 Å². The summed E-state index contributed by atoms with van der Waals surface area (Å²) in [5.74, 6) is 1.21. The van der Waals surface area contributed by atoms with Gasteiger partial charge in [-0.1, -0.05) is 0 Å². The van der Waals surface area contributed by atoms with Crippen LogP contribution in [0.4, 0.5) is 0 Å². The molecular formula is C14H25N3O2. The zero-order valence-electron chi connectivity index (χ0n) is 11.6. The molecule has 1 N–H and O–H groups in total. The first-order valence-corrected chi connectivity index (χ1v) is 7.64. The molecule has 3 fully saturated rings. The summed E-state index contributed by atoms with van der Waals surface area (Å²) in [7, 11) is 0. The third-order valence-corrected chi connectivity index (χ3v) is 4.35. The van der Waals surface area contributed by atoms with Gasteiger partial charge in [-0.15, -0.1) is 0 Å². The molecule has 5 heteroatoms. The molecule has 1 atom stereocenters. The molecule has 0 radical (unpaired) electrons. The van der Waals surface area contributed by atoms with Crippen molar-refractivity contribution < 1.29 is 9.53 Å². The molecule has 3 rings (SSSR count). The normalized spacial score (nSPS) is 29.5. The topological polar surface area (TPSA) is 44.8 Å². The molecule has 2 saturated heterocycles. The highest BCUT2D eigenvalue weighted by molar-refractivity contribution is 5.76. The Balaban J connectivity index is 1.38. The van der Waals surface area contributed by atoms with Crippen LogP contribution in [0.3, 0.4) is 0 Å². The summed E-state index contributed by atoms with van der Waals surface area (Å²) in [5, 5.41) is 3.27. The van der Waals surface area contributed by atoms with Gasteiger partial charge in [-0.2, -0.15) is 0 Å². The second-order valence-corrected chi connectivity index (χ2v) is 6.03. The zero-order chi connectivity index (χ0) is 13.1. The highest BCUT2D eigenvalue weighted by Gasteiger charge is 2.28. The van der Waals surface area contributed by atoms with Gasteiger partial charge in [0.25, 0.3) is 0 Å². The third-order valence-electron chi connectivity index (χ3n) is 4.35. The maximum Gasteiger partial charge on any atom is 0.225 e. The summed E-state index contributed by atoms with van der Waals surface area (Å²) in [6, 6.07) is 0. The number of nitrogens with zero attached hydrogens (tertiary/aromatic N) is 2. The molecule has 0 aromatic rings. The molecule has 1 unspecified atom stereocenters. The molecule has 5 nitrogen and oxygen atoms in total. The van der Waals surface area contributed by atoms with Crippen LogP contribution in [0.1, 0.15) is 19.3 Å². The number of ether oxygens (including phenoxy) is 1. The van der Waals surface area contributed by atoms with Crippen molar-refractivity contribution in [1.29, 1.82) is 0 Å². The predicted octanol–water partition coefficient (Wildman–Crippen LogP) is -0.0809. The SMILES string of the molecule is O=C(CC1CNCCO1)N1CCN(CC2CC2)CC1. The fraction of sp³-hybridized carbons (Fsp3) is 0.929. The third kappa shape index (κ3) is 3.91. The molecule has 2 aliphatic heterocycles. The molecule has 1 saturated carbocycles. The number of nitrogens with one attached hydrogen (secondary N) is 1. The van der Waals surface area contributed by atoms with Gasteiger partial charge in [-0.25, -0.2) is 0 Å². The van der Waals surface area contributed by atoms with E-state index in [9.17, 15) is 4.79 Å². The first kappa shape index (κ1) is 13.3. The number of amides is 1. The van der Waals surface area contributed by atoms with E-state index >= 15 is 0 Å². The van der Waals surface area contributed by atoms with Crippen molar-refractivity contribution in [2.75, 3.05) is 52.4 Å². The van der Waals surface area contributed by atoms with Crippen LogP contribution in [-0.2, 0) is 9.53 Å². The number of piperazine rings is 1. The number of carbonyl (C=O) groups excluding carboxylic acids is 1. The van der Waals surface area contributed by atoms with Gasteiger partial charge in [0.2, 0.25) is 5.91 Å². The number of rotatable bonds is 4. The summed E-state index contributed by atoms with van der Waals surface area (Å²) in [5.41, 5.74) is 0. The zero-order valence-corrected chi connectivity index (χ0v) is 11.6. The fourth-order valence-electron chi connectivity index (χ4n) is 2.92. The minimum atomic E-state index is 0.0748. The van der Waals surface area contributed by atoms with E-state index in [1.165, 1.54) is 19.4 Å². The summed E-state index contributed by atoms with van der Waals surface area (Å²) in [6.07, 6.45) is 3.43. The van der Waals surface area contributed by atoms with Crippen molar-refractivity contribution >= 4 is 5.91 Å². The van der Waals surface area contributed by atoms with Crippen LogP contribution < -0.4 is 5.32 Å². The summed E-state index contributed by atoms with van der Waals surface area (Å²) in [4.78, 5) is 16.7. The molecule has 0 aromatic carbocycles. The first-order chi connectivity index (χ1) is 9.31. The Morgan fingerprint density at radius 2 is 2.00 bits per heavy atom. The highest BCUT2D eigenvalue weighted by atomic mass is 16.5. The van der Waals surface area contributed by atoms with Gasteiger partial charge in [0.15, 0.2) is 0 Å². The molecule has 1 amide bonds. The molecular weight excluding hydrogens is 242 g/mol. The maximum atomic E-state index is 12.2. The molecule has 2 heterocycles. The van der Waals surface area contributed by atoms with E-state index in [1.54, 1.807) is 0 Å². The lowest BCUT2D eigenvalue weighted by atomic mass is 10.2. The van der Waals surface area contributed by atoms with Crippen molar-refractivity contribution in [1.82, 2.24) is 15.1 Å². The Kier molecular flexibility index (Phi) is 4.35. The van der Waals surface area contributed by atoms with E-state index in [0.29, 0.717) is 6.42 Å². The number of hydrogen-bond acceptors (Lipinski definition) is 4. The largest absolute Gasteiger partial charge is 0.375 e. The predicted molar refractivity (Wildman–Crippen MR) is 73.0 cm³/mol. The van der Waals surface area contributed by atoms with E-state index in [0.717, 1.165) is 51.8 Å². The van der Waals surface area contributed by atoms with Crippen LogP contribution in [0.5, 0.6) is 0 Å². The molecule has 19 heavy (non-hydrogen) atoms. The Hall–Kier alpha value is -0.650. The minimum absolute atomic E-state index is 0.0748. The van der Waals surface area contributed by atoms with Crippen molar-refractivity contribution in [3.05, 3.63) is 0 Å². The van der Waals surface area contributed by atoms with E-state index in [1.807, 2.05) is 4.90 Å². The number of morpholine rings is 1. The van der Waals surface area contributed by atoms with Crippen LogP contribution in [0.25, 0.3) is 0 Å². The minimum Gasteiger partial charge on any atom is -0.375 e. The number of hydrogen-bond donors (Lipinski definition) is 1. The Morgan fingerprint density at radius 3 is 2.63 bits per heavy atom. The smallest absolute Gasteiger partial charge is 0.225 e. The summed E-state index contributed by atoms with van der Waals surface area (Å²) >= 11 is 0. The maximum absolute atomic E-state index is 12.2. The van der Waals surface area contributed by atoms with Crippen molar-refractivity contribution in [2.24, 2.45) is 5.92 Å². The van der Waals surface area contributed by atoms with Gasteiger partial charge in [0.05, 0.1) is 19.1 Å². The van der Waals surface area contributed by atoms with E-state index < -0.39 is 0 Å². The van der Waals surface area contributed by atoms with Crippen LogP contribution in [0.15, 0.2) is 0 Å². The van der Waals surface area contributed by atoms with Gasteiger partial charge in [-0.3, -0.25) is 9.69 Å². The Labute approximate surface area is 115 Å². The average Bonchev–Trinajstić information content (AvgIpc) is 3.25. The van der Waals surface area contributed by atoms with E-state index in [4.69, 9.17) is 4.74 Å². The standard InChI is InChI=1S/C14H25N3O2/c18-14(9-13-10-15-3-8-19-13)17-6-4-16(5-7-17)11-12-1-2-12/h12-13,15H,1-11H2. The lowest BCUT2D eigenvalue weighted by molar-refractivity contribution is -0.136. The molecule has 108 valence electrons. The highest BCUT2D eigenvalue weighted by Crippen LogP contribution is 2.29. The van der Waals surface area contributed by atoms with Gasteiger partial charge in [0, 0.05) is 45.8 Å². The van der Waals surface area contributed by atoms with Crippen LogP contribution >= 0.6 is 0 Å². The van der Waals surface area contributed by atoms with Crippen molar-refractivity contribution in [2.45, 2.75) is 25.4 Å². The molecule has 0 bridgehead atoms. The van der Waals surface area contributed by atoms with Gasteiger partial charge >= 0.3 is 0 Å². The molecule has 1 aliphatic carbocycles. The van der Waals surface area contributed by atoms with E-state index in [2.05, 4.69) is 10.2 Å². The lowest BCUT2D eigenvalue weighted by Crippen LogP contribution is -2.50. The molecule has 0 spiro atoms. The van der Waals surface area contributed by atoms with Crippen LogP contribution in [-0.4, -0.2) is 74.2 Å². The van der Waals surface area contributed by atoms with Crippen LogP contribution in [0.2, 0.25) is 0 Å². The van der Waals surface area contributed by atoms with Crippen LogP contribution in [0, 0.1) is 5.92 Å². The fourth-order valence-corrected chi connectivity index (χ4v) is 2.92. The monoisotopic (exact) mass is 267 g/mol. The molecule has 0 aromatic heterocycles. The quantitative estimate of drug-likeness (QED) is 0.774. The Morgan fingerprint density at radius 1 is 1.21 bits per heavy atom. The van der Waals surface area contributed by atoms with Crippen molar-refractivity contribution in [3.8, 4) is 0 Å².